The molecule has 1 aliphatic heterocycles. The van der Waals surface area contributed by atoms with Crippen molar-refractivity contribution in [3.05, 3.63) is 65.7 Å². The Morgan fingerprint density at radius 2 is 1.59 bits per heavy atom. The number of alkyl halides is 3. The van der Waals surface area contributed by atoms with E-state index in [-0.39, 0.29) is 18.3 Å². The third-order valence-corrected chi connectivity index (χ3v) is 7.09. The van der Waals surface area contributed by atoms with Crippen molar-refractivity contribution in [3.8, 4) is 0 Å². The van der Waals surface area contributed by atoms with Gasteiger partial charge in [-0.05, 0) is 36.6 Å². The van der Waals surface area contributed by atoms with E-state index in [1.165, 1.54) is 18.6 Å². The lowest BCUT2D eigenvalue weighted by molar-refractivity contribution is -0.137. The van der Waals surface area contributed by atoms with E-state index in [2.05, 4.69) is 22.3 Å². The van der Waals surface area contributed by atoms with Crippen molar-refractivity contribution in [3.63, 3.8) is 0 Å². The maximum atomic E-state index is 13.3. The van der Waals surface area contributed by atoms with Crippen LogP contribution < -0.4 is 10.2 Å². The lowest BCUT2D eigenvalue weighted by Crippen LogP contribution is -2.51. The van der Waals surface area contributed by atoms with Crippen molar-refractivity contribution in [1.82, 2.24) is 10.2 Å². The topological polar surface area (TPSA) is 35.6 Å². The second kappa shape index (κ2) is 11.5. The summed E-state index contributed by atoms with van der Waals surface area (Å²) in [6, 6.07) is 15.7. The quantitative estimate of drug-likeness (QED) is 0.593. The molecule has 8 heteroatoms. The zero-order valence-corrected chi connectivity index (χ0v) is 20.1. The molecular formula is C26H33ClF3N3O. The van der Waals surface area contributed by atoms with E-state index in [1.807, 2.05) is 23.1 Å². The standard InChI is InChI=1S/C26H32F3N3O.ClH/c27-26(28,29)22-10-7-11-23(20-22)32-18-16-31(17-19-32)15-14-30-24(33)25(12-5-2-6-13-25)21-8-3-1-4-9-21;/h1,3-4,7-11,20H,2,5-6,12-19H2,(H,30,33);1H. The van der Waals surface area contributed by atoms with Crippen LogP contribution in [0.1, 0.15) is 43.2 Å². The van der Waals surface area contributed by atoms with E-state index in [1.54, 1.807) is 6.07 Å². The molecule has 186 valence electrons. The summed E-state index contributed by atoms with van der Waals surface area (Å²) in [5, 5.41) is 3.19. The molecule has 1 N–H and O–H groups in total. The molecule has 2 aromatic carbocycles. The normalized spacial score (nSPS) is 18.7. The van der Waals surface area contributed by atoms with Crippen molar-refractivity contribution in [2.75, 3.05) is 44.2 Å². The number of amides is 1. The fourth-order valence-corrected chi connectivity index (χ4v) is 5.16. The number of hydrogen-bond donors (Lipinski definition) is 1. The average molecular weight is 496 g/mol. The van der Waals surface area contributed by atoms with Gasteiger partial charge in [0, 0.05) is 45.0 Å². The molecule has 2 aromatic rings. The maximum absolute atomic E-state index is 13.3. The van der Waals surface area contributed by atoms with Crippen LogP contribution in [0, 0.1) is 0 Å². The molecule has 0 aromatic heterocycles. The van der Waals surface area contributed by atoms with Crippen LogP contribution in [0.25, 0.3) is 0 Å². The Morgan fingerprint density at radius 3 is 2.24 bits per heavy atom. The smallest absolute Gasteiger partial charge is 0.369 e. The highest BCUT2D eigenvalue weighted by molar-refractivity contribution is 5.88. The molecule has 2 aliphatic rings. The first-order chi connectivity index (χ1) is 15.9. The summed E-state index contributed by atoms with van der Waals surface area (Å²) in [5.41, 5.74) is 0.679. The SMILES string of the molecule is Cl.O=C(NCCN1CCN(c2cccc(C(F)(F)F)c2)CC1)C1(c2ccccc2)CCCCC1. The highest BCUT2D eigenvalue weighted by Crippen LogP contribution is 2.39. The first-order valence-electron chi connectivity index (χ1n) is 11.9. The highest BCUT2D eigenvalue weighted by atomic mass is 35.5. The van der Waals surface area contributed by atoms with Gasteiger partial charge in [-0.15, -0.1) is 12.4 Å². The Hall–Kier alpha value is -2.25. The van der Waals surface area contributed by atoms with E-state index >= 15 is 0 Å². The second-order valence-corrected chi connectivity index (χ2v) is 9.14. The Morgan fingerprint density at radius 1 is 0.912 bits per heavy atom. The predicted octanol–water partition coefficient (Wildman–Crippen LogP) is 5.27. The number of rotatable bonds is 6. The third kappa shape index (κ3) is 6.05. The number of halogens is 4. The average Bonchev–Trinajstić information content (AvgIpc) is 2.85. The van der Waals surface area contributed by atoms with Crippen molar-refractivity contribution >= 4 is 24.0 Å². The van der Waals surface area contributed by atoms with Gasteiger partial charge in [0.05, 0.1) is 11.0 Å². The van der Waals surface area contributed by atoms with Crippen LogP contribution in [-0.2, 0) is 16.4 Å². The lowest BCUT2D eigenvalue weighted by Gasteiger charge is -2.38. The van der Waals surface area contributed by atoms with Crippen molar-refractivity contribution in [2.45, 2.75) is 43.7 Å². The molecule has 0 radical (unpaired) electrons. The molecule has 1 aliphatic carbocycles. The van der Waals surface area contributed by atoms with Crippen molar-refractivity contribution in [1.29, 1.82) is 0 Å². The molecule has 34 heavy (non-hydrogen) atoms. The molecular weight excluding hydrogens is 463 g/mol. The molecule has 2 fully saturated rings. The van der Waals surface area contributed by atoms with Gasteiger partial charge in [0.15, 0.2) is 0 Å². The van der Waals surface area contributed by atoms with E-state index in [0.717, 1.165) is 56.9 Å². The van der Waals surface area contributed by atoms with Crippen LogP contribution in [0.15, 0.2) is 54.6 Å². The van der Waals surface area contributed by atoms with Crippen LogP contribution >= 0.6 is 12.4 Å². The Labute approximate surface area is 205 Å². The lowest BCUT2D eigenvalue weighted by atomic mass is 9.68. The Balaban J connectivity index is 0.00000324. The number of benzene rings is 2. The largest absolute Gasteiger partial charge is 0.416 e. The first kappa shape index (κ1) is 26.4. The number of anilines is 1. The minimum absolute atomic E-state index is 0. The molecule has 0 atom stereocenters. The van der Waals surface area contributed by atoms with Gasteiger partial charge in [-0.2, -0.15) is 13.2 Å². The maximum Gasteiger partial charge on any atom is 0.416 e. The van der Waals surface area contributed by atoms with Gasteiger partial charge in [0.1, 0.15) is 0 Å². The molecule has 1 saturated carbocycles. The van der Waals surface area contributed by atoms with Crippen molar-refractivity contribution in [2.24, 2.45) is 0 Å². The molecule has 4 nitrogen and oxygen atoms in total. The van der Waals surface area contributed by atoms with Gasteiger partial charge >= 0.3 is 6.18 Å². The zero-order chi connectivity index (χ0) is 23.3. The Bertz CT molecular complexity index is 924. The molecule has 1 amide bonds. The summed E-state index contributed by atoms with van der Waals surface area (Å²) >= 11 is 0. The van der Waals surface area contributed by atoms with Gasteiger partial charge in [0.25, 0.3) is 0 Å². The molecule has 1 saturated heterocycles. The number of carbonyl (C=O) groups is 1. The van der Waals surface area contributed by atoms with Crippen LogP contribution in [0.3, 0.4) is 0 Å². The minimum Gasteiger partial charge on any atom is -0.369 e. The summed E-state index contributed by atoms with van der Waals surface area (Å²) in [6.07, 6.45) is 0.764. The van der Waals surface area contributed by atoms with Gasteiger partial charge in [-0.1, -0.05) is 55.7 Å². The third-order valence-electron chi connectivity index (χ3n) is 7.09. The summed E-state index contributed by atoms with van der Waals surface area (Å²) in [4.78, 5) is 17.5. The number of carbonyl (C=O) groups excluding carboxylic acids is 1. The van der Waals surface area contributed by atoms with E-state index in [9.17, 15) is 18.0 Å². The number of hydrogen-bond acceptors (Lipinski definition) is 3. The molecule has 0 bridgehead atoms. The highest BCUT2D eigenvalue weighted by Gasteiger charge is 2.40. The fourth-order valence-electron chi connectivity index (χ4n) is 5.16. The monoisotopic (exact) mass is 495 g/mol. The summed E-state index contributed by atoms with van der Waals surface area (Å²) in [6.45, 7) is 4.18. The fraction of sp³-hybridized carbons (Fsp3) is 0.500. The zero-order valence-electron chi connectivity index (χ0n) is 19.3. The van der Waals surface area contributed by atoms with Crippen molar-refractivity contribution < 1.29 is 18.0 Å². The van der Waals surface area contributed by atoms with E-state index in [4.69, 9.17) is 0 Å². The van der Waals surface area contributed by atoms with Gasteiger partial charge < -0.3 is 10.2 Å². The van der Waals surface area contributed by atoms with Gasteiger partial charge in [-0.25, -0.2) is 0 Å². The van der Waals surface area contributed by atoms with Gasteiger partial charge in [-0.3, -0.25) is 9.69 Å². The number of nitrogens with one attached hydrogen (secondary N) is 1. The molecule has 0 unspecified atom stereocenters. The number of piperazine rings is 1. The predicted molar refractivity (Wildman–Crippen MR) is 132 cm³/mol. The van der Waals surface area contributed by atoms with Crippen LogP contribution in [-0.4, -0.2) is 50.1 Å². The van der Waals surface area contributed by atoms with E-state index < -0.39 is 17.2 Å². The summed E-state index contributed by atoms with van der Waals surface area (Å²) in [5.74, 6) is 0.121. The summed E-state index contributed by atoms with van der Waals surface area (Å²) < 4.78 is 39.0. The second-order valence-electron chi connectivity index (χ2n) is 9.14. The minimum atomic E-state index is -4.33. The van der Waals surface area contributed by atoms with E-state index in [0.29, 0.717) is 25.3 Å². The van der Waals surface area contributed by atoms with Gasteiger partial charge in [0.2, 0.25) is 5.91 Å². The Kier molecular flexibility index (Phi) is 8.88. The molecule has 0 spiro atoms. The van der Waals surface area contributed by atoms with Crippen LogP contribution in [0.2, 0.25) is 0 Å². The van der Waals surface area contributed by atoms with Crippen LogP contribution in [0.5, 0.6) is 0 Å². The first-order valence-corrected chi connectivity index (χ1v) is 11.9. The molecule has 4 rings (SSSR count). The molecule has 1 heterocycles. The van der Waals surface area contributed by atoms with Crippen LogP contribution in [0.4, 0.5) is 18.9 Å². The number of nitrogens with zero attached hydrogens (tertiary/aromatic N) is 2. The summed E-state index contributed by atoms with van der Waals surface area (Å²) in [7, 11) is 0.